The first-order valence-corrected chi connectivity index (χ1v) is 7.82. The van der Waals surface area contributed by atoms with Crippen LogP contribution in [0, 0.1) is 17.3 Å². The highest BCUT2D eigenvalue weighted by molar-refractivity contribution is 6.30. The molecule has 3 heteroatoms. The van der Waals surface area contributed by atoms with Gasteiger partial charge in [-0.2, -0.15) is 0 Å². The van der Waals surface area contributed by atoms with Gasteiger partial charge in [-0.15, -0.1) is 0 Å². The van der Waals surface area contributed by atoms with Crippen LogP contribution >= 0.6 is 11.6 Å². The van der Waals surface area contributed by atoms with E-state index in [2.05, 4.69) is 26.1 Å². The molecule has 2 nitrogen and oxygen atoms in total. The van der Waals surface area contributed by atoms with Crippen LogP contribution in [0.25, 0.3) is 0 Å². The number of carbonyl (C=O) groups excluding carboxylic acids is 1. The fourth-order valence-electron chi connectivity index (χ4n) is 3.26. The molecule has 0 heterocycles. The molecule has 0 bridgehead atoms. The zero-order chi connectivity index (χ0) is 14.8. The second-order valence-electron chi connectivity index (χ2n) is 6.47. The molecule has 1 aliphatic carbocycles. The van der Waals surface area contributed by atoms with E-state index in [1.54, 1.807) is 0 Å². The molecule has 1 aliphatic rings. The lowest BCUT2D eigenvalue weighted by Gasteiger charge is -2.52. The molecular formula is C17H24ClNO. The number of nitrogens with one attached hydrogen (secondary N) is 1. The maximum absolute atomic E-state index is 12.0. The number of hydrogen-bond acceptors (Lipinski definition) is 1. The highest BCUT2D eigenvalue weighted by Crippen LogP contribution is 2.54. The van der Waals surface area contributed by atoms with E-state index >= 15 is 0 Å². The quantitative estimate of drug-likeness (QED) is 0.855. The summed E-state index contributed by atoms with van der Waals surface area (Å²) in [5.74, 6) is 1.46. The van der Waals surface area contributed by atoms with Crippen LogP contribution in [0.4, 0.5) is 0 Å². The van der Waals surface area contributed by atoms with E-state index in [1.165, 1.54) is 12.8 Å². The summed E-state index contributed by atoms with van der Waals surface area (Å²) < 4.78 is 0. The van der Waals surface area contributed by atoms with Crippen molar-refractivity contribution < 1.29 is 4.79 Å². The molecule has 20 heavy (non-hydrogen) atoms. The second-order valence-corrected chi connectivity index (χ2v) is 6.90. The van der Waals surface area contributed by atoms with Gasteiger partial charge in [0, 0.05) is 18.0 Å². The minimum Gasteiger partial charge on any atom is -0.352 e. The van der Waals surface area contributed by atoms with E-state index in [1.807, 2.05) is 24.3 Å². The summed E-state index contributed by atoms with van der Waals surface area (Å²) in [5.41, 5.74) is 1.40. The SMILES string of the molecule is CCC1CC(CC(=O)NCc2ccc(Cl)cc2)C1(C)C. The van der Waals surface area contributed by atoms with Crippen molar-refractivity contribution in [3.8, 4) is 0 Å². The van der Waals surface area contributed by atoms with Gasteiger partial charge in [0.05, 0.1) is 0 Å². The molecule has 0 aromatic heterocycles. The highest BCUT2D eigenvalue weighted by atomic mass is 35.5. The largest absolute Gasteiger partial charge is 0.352 e. The third-order valence-electron chi connectivity index (χ3n) is 5.00. The molecule has 2 unspecified atom stereocenters. The Hall–Kier alpha value is -1.02. The van der Waals surface area contributed by atoms with E-state index < -0.39 is 0 Å². The lowest BCUT2D eigenvalue weighted by molar-refractivity contribution is -0.127. The molecule has 0 spiro atoms. The Morgan fingerprint density at radius 1 is 1.30 bits per heavy atom. The van der Waals surface area contributed by atoms with Crippen LogP contribution in [0.2, 0.25) is 5.02 Å². The summed E-state index contributed by atoms with van der Waals surface area (Å²) >= 11 is 5.84. The smallest absolute Gasteiger partial charge is 0.220 e. The van der Waals surface area contributed by atoms with Crippen LogP contribution in [-0.2, 0) is 11.3 Å². The van der Waals surface area contributed by atoms with Crippen LogP contribution in [0.1, 0.15) is 45.6 Å². The Morgan fingerprint density at radius 2 is 1.95 bits per heavy atom. The Balaban J connectivity index is 1.78. The average molecular weight is 294 g/mol. The summed E-state index contributed by atoms with van der Waals surface area (Å²) in [6, 6.07) is 7.60. The minimum absolute atomic E-state index is 0.160. The van der Waals surface area contributed by atoms with Crippen molar-refractivity contribution in [2.24, 2.45) is 17.3 Å². The van der Waals surface area contributed by atoms with Gasteiger partial charge in [-0.05, 0) is 41.4 Å². The third-order valence-corrected chi connectivity index (χ3v) is 5.25. The maximum atomic E-state index is 12.0. The van der Waals surface area contributed by atoms with E-state index in [-0.39, 0.29) is 5.91 Å². The molecular weight excluding hydrogens is 270 g/mol. The van der Waals surface area contributed by atoms with Crippen molar-refractivity contribution in [3.63, 3.8) is 0 Å². The molecule has 2 atom stereocenters. The fraction of sp³-hybridized carbons (Fsp3) is 0.588. The zero-order valence-corrected chi connectivity index (χ0v) is 13.3. The van der Waals surface area contributed by atoms with Gasteiger partial charge in [-0.3, -0.25) is 4.79 Å². The van der Waals surface area contributed by atoms with E-state index in [0.29, 0.717) is 24.3 Å². The molecule has 1 aromatic rings. The lowest BCUT2D eigenvalue weighted by Crippen LogP contribution is -2.46. The monoisotopic (exact) mass is 293 g/mol. The Morgan fingerprint density at radius 3 is 2.50 bits per heavy atom. The number of amides is 1. The molecule has 110 valence electrons. The van der Waals surface area contributed by atoms with Crippen molar-refractivity contribution in [1.82, 2.24) is 5.32 Å². The molecule has 1 saturated carbocycles. The van der Waals surface area contributed by atoms with E-state index in [4.69, 9.17) is 11.6 Å². The van der Waals surface area contributed by atoms with Gasteiger partial charge in [-0.25, -0.2) is 0 Å². The van der Waals surface area contributed by atoms with Crippen molar-refractivity contribution in [2.45, 2.75) is 46.6 Å². The standard InChI is InChI=1S/C17H24ClNO/c1-4-13-9-14(17(13,2)3)10-16(20)19-11-12-5-7-15(18)8-6-12/h5-8,13-14H,4,9-11H2,1-3H3,(H,19,20). The molecule has 1 fully saturated rings. The summed E-state index contributed by atoms with van der Waals surface area (Å²) in [7, 11) is 0. The number of rotatable bonds is 5. The minimum atomic E-state index is 0.160. The van der Waals surface area contributed by atoms with Crippen molar-refractivity contribution in [3.05, 3.63) is 34.9 Å². The Labute approximate surface area is 126 Å². The first kappa shape index (κ1) is 15.4. The highest BCUT2D eigenvalue weighted by Gasteiger charge is 2.47. The number of halogens is 1. The topological polar surface area (TPSA) is 29.1 Å². The van der Waals surface area contributed by atoms with E-state index in [9.17, 15) is 4.79 Å². The Bertz CT molecular complexity index is 466. The van der Waals surface area contributed by atoms with Crippen molar-refractivity contribution in [1.29, 1.82) is 0 Å². The third kappa shape index (κ3) is 3.35. The average Bonchev–Trinajstić information content (AvgIpc) is 2.42. The summed E-state index contributed by atoms with van der Waals surface area (Å²) in [4.78, 5) is 12.0. The molecule has 1 aromatic carbocycles. The van der Waals surface area contributed by atoms with Gasteiger partial charge in [-0.1, -0.05) is 50.9 Å². The summed E-state index contributed by atoms with van der Waals surface area (Å²) in [6.07, 6.45) is 3.06. The molecule has 0 saturated heterocycles. The predicted octanol–water partition coefficient (Wildman–Crippen LogP) is 4.42. The van der Waals surface area contributed by atoms with Gasteiger partial charge >= 0.3 is 0 Å². The van der Waals surface area contributed by atoms with Crippen LogP contribution < -0.4 is 5.32 Å². The van der Waals surface area contributed by atoms with Crippen molar-refractivity contribution in [2.75, 3.05) is 0 Å². The summed E-state index contributed by atoms with van der Waals surface area (Å²) in [6.45, 7) is 7.41. The van der Waals surface area contributed by atoms with Crippen LogP contribution in [0.5, 0.6) is 0 Å². The van der Waals surface area contributed by atoms with Gasteiger partial charge in [0.25, 0.3) is 0 Å². The number of hydrogen-bond donors (Lipinski definition) is 1. The lowest BCUT2D eigenvalue weighted by atomic mass is 9.53. The summed E-state index contributed by atoms with van der Waals surface area (Å²) in [5, 5.41) is 3.73. The number of carbonyl (C=O) groups is 1. The van der Waals surface area contributed by atoms with Crippen LogP contribution in [-0.4, -0.2) is 5.91 Å². The molecule has 0 radical (unpaired) electrons. The Kier molecular flexibility index (Phi) is 4.74. The fourth-order valence-corrected chi connectivity index (χ4v) is 3.39. The molecule has 2 rings (SSSR count). The molecule has 0 aliphatic heterocycles. The van der Waals surface area contributed by atoms with E-state index in [0.717, 1.165) is 16.5 Å². The molecule has 1 amide bonds. The maximum Gasteiger partial charge on any atom is 0.220 e. The second kappa shape index (κ2) is 6.17. The van der Waals surface area contributed by atoms with Crippen LogP contribution in [0.15, 0.2) is 24.3 Å². The van der Waals surface area contributed by atoms with Crippen LogP contribution in [0.3, 0.4) is 0 Å². The first-order chi connectivity index (χ1) is 9.43. The van der Waals surface area contributed by atoms with Gasteiger partial charge in [0.2, 0.25) is 5.91 Å². The normalized spacial score (nSPS) is 24.0. The first-order valence-electron chi connectivity index (χ1n) is 7.44. The van der Waals surface area contributed by atoms with Crippen molar-refractivity contribution >= 4 is 17.5 Å². The predicted molar refractivity (Wildman–Crippen MR) is 83.6 cm³/mol. The van der Waals surface area contributed by atoms with Gasteiger partial charge < -0.3 is 5.32 Å². The zero-order valence-electron chi connectivity index (χ0n) is 12.6. The number of benzene rings is 1. The molecule has 1 N–H and O–H groups in total. The van der Waals surface area contributed by atoms with Gasteiger partial charge in [0.1, 0.15) is 0 Å². The van der Waals surface area contributed by atoms with Gasteiger partial charge in [0.15, 0.2) is 0 Å².